The standard InChI is InChI=1S/C7H16N2.C2H2O4.Pt/c8-6-7(9)4-2-1-3-5-7;3-1(4)2(5)6;/h1-6,8-9H2;(H,3,4)(H,5,6);. The van der Waals surface area contributed by atoms with E-state index in [0.717, 1.165) is 12.8 Å². The summed E-state index contributed by atoms with van der Waals surface area (Å²) < 4.78 is 0. The minimum atomic E-state index is -1.82. The Morgan fingerprint density at radius 2 is 1.44 bits per heavy atom. The van der Waals surface area contributed by atoms with Crippen molar-refractivity contribution in [2.75, 3.05) is 6.54 Å². The van der Waals surface area contributed by atoms with Crippen LogP contribution in [0.2, 0.25) is 0 Å². The molecule has 0 aliphatic heterocycles. The Balaban J connectivity index is 0. The van der Waals surface area contributed by atoms with Gasteiger partial charge in [0.15, 0.2) is 0 Å². The van der Waals surface area contributed by atoms with Crippen molar-refractivity contribution in [3.05, 3.63) is 0 Å². The minimum absolute atomic E-state index is 0. The van der Waals surface area contributed by atoms with Crippen LogP contribution in [0.1, 0.15) is 32.1 Å². The molecule has 0 spiro atoms. The molecule has 0 aromatic heterocycles. The first kappa shape index (κ1) is 17.9. The molecule has 0 unspecified atom stereocenters. The number of carboxylic acid groups (broad SMARTS) is 2. The quantitative estimate of drug-likeness (QED) is 0.440. The van der Waals surface area contributed by atoms with Crippen LogP contribution in [0, 0.1) is 0 Å². The van der Waals surface area contributed by atoms with E-state index in [1.54, 1.807) is 0 Å². The molecule has 0 saturated heterocycles. The van der Waals surface area contributed by atoms with Gasteiger partial charge in [-0.3, -0.25) is 0 Å². The van der Waals surface area contributed by atoms with Gasteiger partial charge in [0, 0.05) is 33.1 Å². The zero-order valence-electron chi connectivity index (χ0n) is 8.92. The van der Waals surface area contributed by atoms with E-state index < -0.39 is 11.9 Å². The van der Waals surface area contributed by atoms with Gasteiger partial charge in [-0.1, -0.05) is 19.3 Å². The van der Waals surface area contributed by atoms with Crippen molar-refractivity contribution in [3.8, 4) is 0 Å². The molecule has 0 atom stereocenters. The normalized spacial score (nSPS) is 17.4. The molecule has 0 radical (unpaired) electrons. The fraction of sp³-hybridized carbons (Fsp3) is 0.778. The Bertz CT molecular complexity index is 218. The van der Waals surface area contributed by atoms with Crippen molar-refractivity contribution in [3.63, 3.8) is 0 Å². The minimum Gasteiger partial charge on any atom is -0.473 e. The molecular formula is C9H18N2O4Pt. The second kappa shape index (κ2) is 8.67. The van der Waals surface area contributed by atoms with Crippen LogP contribution in [0.15, 0.2) is 0 Å². The van der Waals surface area contributed by atoms with Crippen molar-refractivity contribution in [1.82, 2.24) is 0 Å². The summed E-state index contributed by atoms with van der Waals surface area (Å²) in [6.45, 7) is 0.660. The topological polar surface area (TPSA) is 127 Å². The first-order valence-electron chi connectivity index (χ1n) is 4.86. The third-order valence-corrected chi connectivity index (χ3v) is 2.44. The summed E-state index contributed by atoms with van der Waals surface area (Å²) >= 11 is 0. The summed E-state index contributed by atoms with van der Waals surface area (Å²) in [5.74, 6) is -3.65. The number of nitrogens with two attached hydrogens (primary N) is 2. The molecule has 0 bridgehead atoms. The predicted molar refractivity (Wildman–Crippen MR) is 54.3 cm³/mol. The van der Waals surface area contributed by atoms with E-state index in [1.165, 1.54) is 19.3 Å². The monoisotopic (exact) mass is 413 g/mol. The van der Waals surface area contributed by atoms with E-state index >= 15 is 0 Å². The fourth-order valence-electron chi connectivity index (χ4n) is 1.46. The average Bonchev–Trinajstić information content (AvgIpc) is 2.20. The molecule has 98 valence electrons. The van der Waals surface area contributed by atoms with Crippen LogP contribution in [0.5, 0.6) is 0 Å². The van der Waals surface area contributed by atoms with Gasteiger partial charge in [0.05, 0.1) is 0 Å². The summed E-state index contributed by atoms with van der Waals surface area (Å²) in [7, 11) is 0. The van der Waals surface area contributed by atoms with Crippen molar-refractivity contribution in [1.29, 1.82) is 0 Å². The van der Waals surface area contributed by atoms with E-state index in [9.17, 15) is 0 Å². The van der Waals surface area contributed by atoms with E-state index in [-0.39, 0.29) is 26.6 Å². The van der Waals surface area contributed by atoms with Crippen LogP contribution in [0.3, 0.4) is 0 Å². The third-order valence-electron chi connectivity index (χ3n) is 2.44. The number of hydrogen-bond acceptors (Lipinski definition) is 4. The largest absolute Gasteiger partial charge is 0.473 e. The maximum atomic E-state index is 9.10. The summed E-state index contributed by atoms with van der Waals surface area (Å²) in [6.07, 6.45) is 6.15. The fourth-order valence-corrected chi connectivity index (χ4v) is 1.46. The number of hydrogen-bond donors (Lipinski definition) is 4. The molecule has 16 heavy (non-hydrogen) atoms. The Labute approximate surface area is 109 Å². The molecular weight excluding hydrogens is 395 g/mol. The van der Waals surface area contributed by atoms with Crippen LogP contribution in [-0.2, 0) is 30.7 Å². The third kappa shape index (κ3) is 7.79. The van der Waals surface area contributed by atoms with Crippen LogP contribution in [-0.4, -0.2) is 34.2 Å². The van der Waals surface area contributed by atoms with Crippen molar-refractivity contribution >= 4 is 11.9 Å². The summed E-state index contributed by atoms with van der Waals surface area (Å²) in [4.78, 5) is 18.2. The zero-order valence-corrected chi connectivity index (χ0v) is 11.2. The predicted octanol–water partition coefficient (Wildman–Crippen LogP) is -0.240. The van der Waals surface area contributed by atoms with Crippen molar-refractivity contribution in [2.24, 2.45) is 11.5 Å². The molecule has 6 N–H and O–H groups in total. The molecule has 6 nitrogen and oxygen atoms in total. The summed E-state index contributed by atoms with van der Waals surface area (Å²) in [5, 5.41) is 14.8. The second-order valence-electron chi connectivity index (χ2n) is 3.74. The number of carboxylic acids is 2. The molecule has 1 aliphatic carbocycles. The molecule has 0 amide bonds. The van der Waals surface area contributed by atoms with Crippen molar-refractivity contribution < 1.29 is 40.9 Å². The van der Waals surface area contributed by atoms with E-state index in [4.69, 9.17) is 31.3 Å². The van der Waals surface area contributed by atoms with Gasteiger partial charge in [-0.05, 0) is 12.8 Å². The van der Waals surface area contributed by atoms with Crippen molar-refractivity contribution in [2.45, 2.75) is 37.6 Å². The first-order valence-corrected chi connectivity index (χ1v) is 4.86. The number of rotatable bonds is 1. The summed E-state index contributed by atoms with van der Waals surface area (Å²) in [5.41, 5.74) is 11.4. The average molecular weight is 413 g/mol. The maximum Gasteiger partial charge on any atom is 0.414 e. The Kier molecular flexibility index (Phi) is 9.72. The smallest absolute Gasteiger partial charge is 0.414 e. The Morgan fingerprint density at radius 3 is 1.62 bits per heavy atom. The molecule has 0 aromatic rings. The van der Waals surface area contributed by atoms with Crippen LogP contribution in [0.25, 0.3) is 0 Å². The second-order valence-corrected chi connectivity index (χ2v) is 3.74. The van der Waals surface area contributed by atoms with Crippen LogP contribution >= 0.6 is 0 Å². The molecule has 1 saturated carbocycles. The SMILES string of the molecule is NCC1(N)CCCCC1.O=C(O)C(=O)O.[Pt]. The number of aliphatic carboxylic acids is 2. The van der Waals surface area contributed by atoms with Gasteiger partial charge in [0.2, 0.25) is 0 Å². The van der Waals surface area contributed by atoms with E-state index in [0.29, 0.717) is 6.54 Å². The van der Waals surface area contributed by atoms with Crippen LogP contribution < -0.4 is 11.5 Å². The Hall–Kier alpha value is -0.452. The van der Waals surface area contributed by atoms with Gasteiger partial charge in [-0.25, -0.2) is 9.59 Å². The number of carbonyl (C=O) groups is 2. The van der Waals surface area contributed by atoms with Gasteiger partial charge < -0.3 is 21.7 Å². The molecule has 1 rings (SSSR count). The van der Waals surface area contributed by atoms with Gasteiger partial charge >= 0.3 is 11.9 Å². The van der Waals surface area contributed by atoms with Gasteiger partial charge in [0.1, 0.15) is 0 Å². The molecule has 0 heterocycles. The summed E-state index contributed by atoms with van der Waals surface area (Å²) in [6, 6.07) is 0. The van der Waals surface area contributed by atoms with E-state index in [1.807, 2.05) is 0 Å². The Morgan fingerprint density at radius 1 is 1.06 bits per heavy atom. The van der Waals surface area contributed by atoms with Gasteiger partial charge in [0.25, 0.3) is 0 Å². The molecule has 1 aliphatic rings. The van der Waals surface area contributed by atoms with Gasteiger partial charge in [-0.15, -0.1) is 0 Å². The first-order chi connectivity index (χ1) is 6.91. The zero-order chi connectivity index (χ0) is 11.9. The maximum absolute atomic E-state index is 9.10. The molecule has 0 aromatic carbocycles. The van der Waals surface area contributed by atoms with Gasteiger partial charge in [-0.2, -0.15) is 0 Å². The van der Waals surface area contributed by atoms with E-state index in [2.05, 4.69) is 0 Å². The molecule has 1 fully saturated rings. The molecule has 7 heteroatoms. The van der Waals surface area contributed by atoms with Crippen LogP contribution in [0.4, 0.5) is 0 Å².